The maximum atomic E-state index is 5.57. The Kier molecular flexibility index (Phi) is 14.3. The Bertz CT molecular complexity index is 518. The van der Waals surface area contributed by atoms with Gasteiger partial charge in [0.25, 0.3) is 0 Å². The van der Waals surface area contributed by atoms with Crippen LogP contribution in [-0.2, 0) is 6.54 Å². The second-order valence-corrected chi connectivity index (χ2v) is 6.81. The zero-order chi connectivity index (χ0) is 19.4. The van der Waals surface area contributed by atoms with Crippen molar-refractivity contribution in [2.24, 2.45) is 4.99 Å². The van der Waals surface area contributed by atoms with Gasteiger partial charge in [0.15, 0.2) is 5.96 Å². The van der Waals surface area contributed by atoms with Crippen LogP contribution in [0.5, 0.6) is 5.88 Å². The predicted octanol–water partition coefficient (Wildman–Crippen LogP) is 3.66. The van der Waals surface area contributed by atoms with Gasteiger partial charge in [-0.2, -0.15) is 0 Å². The summed E-state index contributed by atoms with van der Waals surface area (Å²) in [5.41, 5.74) is 1.10. The number of rotatable bonds is 11. The van der Waals surface area contributed by atoms with Crippen molar-refractivity contribution in [2.75, 3.05) is 26.7 Å². The third kappa shape index (κ3) is 11.4. The summed E-state index contributed by atoms with van der Waals surface area (Å²) in [6, 6.07) is 4.32. The highest BCUT2D eigenvalue weighted by molar-refractivity contribution is 14.0. The van der Waals surface area contributed by atoms with Gasteiger partial charge >= 0.3 is 0 Å². The Morgan fingerprint density at radius 2 is 1.93 bits per heavy atom. The monoisotopic (exact) mass is 491 g/mol. The topological polar surface area (TPSA) is 61.8 Å². The summed E-state index contributed by atoms with van der Waals surface area (Å²) in [7, 11) is 1.80. The molecule has 1 unspecified atom stereocenters. The number of guanidine groups is 1. The van der Waals surface area contributed by atoms with Gasteiger partial charge in [-0.3, -0.25) is 4.99 Å². The van der Waals surface area contributed by atoms with Crippen LogP contribution in [0.25, 0.3) is 0 Å². The highest BCUT2D eigenvalue weighted by Gasteiger charge is 2.07. The fourth-order valence-corrected chi connectivity index (χ4v) is 2.67. The van der Waals surface area contributed by atoms with E-state index in [9.17, 15) is 0 Å². The Hall–Kier alpha value is -1.09. The van der Waals surface area contributed by atoms with Gasteiger partial charge < -0.3 is 20.3 Å². The molecule has 6 nitrogen and oxygen atoms in total. The molecule has 0 aliphatic heterocycles. The van der Waals surface area contributed by atoms with Crippen molar-refractivity contribution in [3.63, 3.8) is 0 Å². The lowest BCUT2D eigenvalue weighted by Crippen LogP contribution is -2.42. The summed E-state index contributed by atoms with van der Waals surface area (Å²) in [4.78, 5) is 11.1. The molecule has 0 spiro atoms. The molecule has 0 bridgehead atoms. The summed E-state index contributed by atoms with van der Waals surface area (Å²) in [6.07, 6.45) is 4.29. The van der Waals surface area contributed by atoms with Gasteiger partial charge in [0.1, 0.15) is 0 Å². The van der Waals surface area contributed by atoms with E-state index in [1.807, 2.05) is 32.2 Å². The average Bonchev–Trinajstić information content (AvgIpc) is 2.63. The maximum absolute atomic E-state index is 5.57. The van der Waals surface area contributed by atoms with Crippen LogP contribution < -0.4 is 15.4 Å². The van der Waals surface area contributed by atoms with Gasteiger partial charge in [-0.1, -0.05) is 19.9 Å². The van der Waals surface area contributed by atoms with Crippen molar-refractivity contribution in [3.05, 3.63) is 23.9 Å². The number of nitrogens with zero attached hydrogens (tertiary/aromatic N) is 3. The summed E-state index contributed by atoms with van der Waals surface area (Å²) < 4.78 is 5.57. The van der Waals surface area contributed by atoms with E-state index in [4.69, 9.17) is 4.74 Å². The molecule has 2 N–H and O–H groups in total. The largest absolute Gasteiger partial charge is 0.475 e. The van der Waals surface area contributed by atoms with Crippen molar-refractivity contribution >= 4 is 29.9 Å². The first kappa shape index (κ1) is 25.9. The van der Waals surface area contributed by atoms with Crippen LogP contribution in [0.1, 0.15) is 53.0 Å². The molecule has 7 heteroatoms. The molecule has 1 aromatic rings. The standard InChI is InChI=1S/C20H37N5O.HI/c1-7-25(8-2)13-9-10-17(5)24-20(21-6)23-15-18-11-12-19(22-14-18)26-16(3)4;/h11-12,14,16-17H,7-10,13,15H2,1-6H3,(H2,21,23,24);1H. The highest BCUT2D eigenvalue weighted by atomic mass is 127. The van der Waals surface area contributed by atoms with Crippen LogP contribution in [-0.4, -0.2) is 54.7 Å². The molecule has 0 aliphatic carbocycles. The molecule has 0 aliphatic rings. The highest BCUT2D eigenvalue weighted by Crippen LogP contribution is 2.09. The molecule has 1 heterocycles. The number of hydrogen-bond donors (Lipinski definition) is 2. The number of ether oxygens (including phenoxy) is 1. The Morgan fingerprint density at radius 1 is 1.22 bits per heavy atom. The SMILES string of the molecule is CCN(CC)CCCC(C)NC(=NC)NCc1ccc(OC(C)C)nc1.I. The van der Waals surface area contributed by atoms with E-state index >= 15 is 0 Å². The van der Waals surface area contributed by atoms with Gasteiger partial charge in [0, 0.05) is 31.9 Å². The van der Waals surface area contributed by atoms with Crippen molar-refractivity contribution in [3.8, 4) is 5.88 Å². The first-order valence-electron chi connectivity index (χ1n) is 9.79. The second kappa shape index (κ2) is 14.9. The molecule has 0 aromatic carbocycles. The quantitative estimate of drug-likeness (QED) is 0.281. The molecule has 1 aromatic heterocycles. The normalized spacial score (nSPS) is 12.7. The first-order valence-corrected chi connectivity index (χ1v) is 9.79. The maximum Gasteiger partial charge on any atom is 0.213 e. The molecule has 1 atom stereocenters. The lowest BCUT2D eigenvalue weighted by Gasteiger charge is -2.21. The van der Waals surface area contributed by atoms with E-state index in [0.717, 1.165) is 37.6 Å². The molecule has 0 saturated carbocycles. The summed E-state index contributed by atoms with van der Waals surface area (Å²) in [5.74, 6) is 1.48. The number of pyridine rings is 1. The Balaban J connectivity index is 0.00000676. The molecular weight excluding hydrogens is 453 g/mol. The third-order valence-electron chi connectivity index (χ3n) is 4.23. The van der Waals surface area contributed by atoms with Crippen LogP contribution in [0.15, 0.2) is 23.3 Å². The minimum atomic E-state index is 0. The molecule has 0 radical (unpaired) electrons. The van der Waals surface area contributed by atoms with E-state index < -0.39 is 0 Å². The van der Waals surface area contributed by atoms with Crippen LogP contribution in [0.3, 0.4) is 0 Å². The smallest absolute Gasteiger partial charge is 0.213 e. The van der Waals surface area contributed by atoms with Crippen molar-refractivity contribution < 1.29 is 4.74 Å². The lowest BCUT2D eigenvalue weighted by atomic mass is 10.2. The van der Waals surface area contributed by atoms with Gasteiger partial charge in [-0.15, -0.1) is 24.0 Å². The molecule has 1 rings (SSSR count). The van der Waals surface area contributed by atoms with E-state index in [-0.39, 0.29) is 30.1 Å². The minimum Gasteiger partial charge on any atom is -0.475 e. The molecule has 0 fully saturated rings. The van der Waals surface area contributed by atoms with Crippen molar-refractivity contribution in [1.82, 2.24) is 20.5 Å². The molecule has 0 saturated heterocycles. The zero-order valence-electron chi connectivity index (χ0n) is 17.8. The summed E-state index contributed by atoms with van der Waals surface area (Å²) in [6.45, 7) is 14.7. The molecule has 27 heavy (non-hydrogen) atoms. The first-order chi connectivity index (χ1) is 12.5. The van der Waals surface area contributed by atoms with Crippen molar-refractivity contribution in [1.29, 1.82) is 0 Å². The van der Waals surface area contributed by atoms with Gasteiger partial charge in [-0.25, -0.2) is 4.98 Å². The van der Waals surface area contributed by atoms with Crippen molar-refractivity contribution in [2.45, 2.75) is 66.2 Å². The summed E-state index contributed by atoms with van der Waals surface area (Å²) >= 11 is 0. The lowest BCUT2D eigenvalue weighted by molar-refractivity contribution is 0.232. The molecular formula is C20H38IN5O. The van der Waals surface area contributed by atoms with E-state index in [2.05, 4.69) is 46.3 Å². The number of hydrogen-bond acceptors (Lipinski definition) is 4. The van der Waals surface area contributed by atoms with E-state index in [1.54, 1.807) is 7.05 Å². The molecule has 156 valence electrons. The van der Waals surface area contributed by atoms with Gasteiger partial charge in [0.2, 0.25) is 5.88 Å². The zero-order valence-corrected chi connectivity index (χ0v) is 20.1. The number of nitrogens with one attached hydrogen (secondary N) is 2. The summed E-state index contributed by atoms with van der Waals surface area (Å²) in [5, 5.41) is 6.81. The van der Waals surface area contributed by atoms with Gasteiger partial charge in [0.05, 0.1) is 6.10 Å². The van der Waals surface area contributed by atoms with E-state index in [1.165, 1.54) is 6.42 Å². The average molecular weight is 491 g/mol. The minimum absolute atomic E-state index is 0. The van der Waals surface area contributed by atoms with Crippen LogP contribution in [0.4, 0.5) is 0 Å². The third-order valence-corrected chi connectivity index (χ3v) is 4.23. The van der Waals surface area contributed by atoms with Gasteiger partial charge in [-0.05, 0) is 58.8 Å². The second-order valence-electron chi connectivity index (χ2n) is 6.81. The number of aliphatic imine (C=N–C) groups is 1. The van der Waals surface area contributed by atoms with Crippen LogP contribution in [0.2, 0.25) is 0 Å². The predicted molar refractivity (Wildman–Crippen MR) is 125 cm³/mol. The number of halogens is 1. The fraction of sp³-hybridized carbons (Fsp3) is 0.700. The van der Waals surface area contributed by atoms with E-state index in [0.29, 0.717) is 18.5 Å². The Labute approximate surface area is 182 Å². The number of aromatic nitrogens is 1. The Morgan fingerprint density at radius 3 is 2.44 bits per heavy atom. The van der Waals surface area contributed by atoms with Crippen LogP contribution in [0, 0.1) is 0 Å². The van der Waals surface area contributed by atoms with Crippen LogP contribution >= 0.6 is 24.0 Å². The molecule has 0 amide bonds. The fourth-order valence-electron chi connectivity index (χ4n) is 2.67.